The van der Waals surface area contributed by atoms with Gasteiger partial charge in [0.25, 0.3) is 5.56 Å². The van der Waals surface area contributed by atoms with Gasteiger partial charge in [0.2, 0.25) is 0 Å². The van der Waals surface area contributed by atoms with E-state index in [1.807, 2.05) is 13.0 Å². The van der Waals surface area contributed by atoms with Crippen LogP contribution in [-0.4, -0.2) is 26.3 Å². The molecule has 2 N–H and O–H groups in total. The molecule has 0 radical (unpaired) electrons. The Kier molecular flexibility index (Phi) is 4.19. The molecule has 3 rings (SSSR count). The molecule has 0 saturated carbocycles. The Morgan fingerprint density at radius 3 is 2.70 bits per heavy atom. The van der Waals surface area contributed by atoms with Crippen LogP contribution in [0.2, 0.25) is 10.0 Å². The number of aliphatic hydroxyl groups is 1. The smallest absolute Gasteiger partial charge is 0.276 e. The number of aliphatic hydroxyl groups excluding tert-OH is 1. The number of aromatic nitrogens is 3. The van der Waals surface area contributed by atoms with Crippen molar-refractivity contribution in [3.63, 3.8) is 0 Å². The van der Waals surface area contributed by atoms with E-state index in [-0.39, 0.29) is 18.6 Å². The Balaban J connectivity index is 2.35. The quantitative estimate of drug-likeness (QED) is 0.761. The predicted molar refractivity (Wildman–Crippen MR) is 91.5 cm³/mol. The first-order valence-corrected chi connectivity index (χ1v) is 7.86. The lowest BCUT2D eigenvalue weighted by Gasteiger charge is -2.06. The summed E-state index contributed by atoms with van der Waals surface area (Å²) >= 11 is 12.3. The van der Waals surface area contributed by atoms with Crippen LogP contribution < -0.4 is 5.56 Å². The average molecular weight is 352 g/mol. The zero-order valence-corrected chi connectivity index (χ0v) is 14.2. The van der Waals surface area contributed by atoms with Crippen molar-refractivity contribution in [1.82, 2.24) is 14.6 Å². The Hall–Kier alpha value is -1.82. The van der Waals surface area contributed by atoms with Crippen LogP contribution in [0.1, 0.15) is 17.0 Å². The van der Waals surface area contributed by atoms with E-state index in [2.05, 4.69) is 10.1 Å². The molecular formula is C16H15Cl2N3O2. The van der Waals surface area contributed by atoms with E-state index in [4.69, 9.17) is 28.3 Å². The molecule has 23 heavy (non-hydrogen) atoms. The molecular weight excluding hydrogens is 337 g/mol. The highest BCUT2D eigenvalue weighted by molar-refractivity contribution is 6.36. The van der Waals surface area contributed by atoms with Crippen molar-refractivity contribution < 1.29 is 5.11 Å². The number of aryl methyl sites for hydroxylation is 2. The molecule has 0 aliphatic rings. The lowest BCUT2D eigenvalue weighted by Crippen LogP contribution is -2.22. The lowest BCUT2D eigenvalue weighted by atomic mass is 10.1. The van der Waals surface area contributed by atoms with Crippen molar-refractivity contribution in [3.05, 3.63) is 55.5 Å². The number of hydrogen-bond donors (Lipinski definition) is 2. The van der Waals surface area contributed by atoms with Crippen LogP contribution in [-0.2, 0) is 6.42 Å². The lowest BCUT2D eigenvalue weighted by molar-refractivity contribution is 0.298. The summed E-state index contributed by atoms with van der Waals surface area (Å²) in [7, 11) is 0. The summed E-state index contributed by atoms with van der Waals surface area (Å²) in [6.07, 6.45) is 0.274. The van der Waals surface area contributed by atoms with Crippen LogP contribution in [0.5, 0.6) is 0 Å². The van der Waals surface area contributed by atoms with Gasteiger partial charge in [0.05, 0.1) is 5.02 Å². The molecule has 0 amide bonds. The van der Waals surface area contributed by atoms with E-state index in [0.29, 0.717) is 26.9 Å². The molecule has 0 aliphatic heterocycles. The second-order valence-electron chi connectivity index (χ2n) is 5.35. The van der Waals surface area contributed by atoms with Gasteiger partial charge < -0.3 is 5.11 Å². The van der Waals surface area contributed by atoms with Crippen molar-refractivity contribution >= 4 is 28.8 Å². The fourth-order valence-electron chi connectivity index (χ4n) is 2.74. The fraction of sp³-hybridized carbons (Fsp3) is 0.250. The number of benzene rings is 1. The normalized spacial score (nSPS) is 11.3. The van der Waals surface area contributed by atoms with Gasteiger partial charge in [-0.1, -0.05) is 29.3 Å². The fourth-order valence-corrected chi connectivity index (χ4v) is 3.24. The Labute approximate surface area is 142 Å². The van der Waals surface area contributed by atoms with Crippen LogP contribution >= 0.6 is 23.2 Å². The van der Waals surface area contributed by atoms with Gasteiger partial charge in [0, 0.05) is 46.1 Å². The zero-order valence-electron chi connectivity index (χ0n) is 12.7. The number of nitrogens with one attached hydrogen (secondary N) is 1. The summed E-state index contributed by atoms with van der Waals surface area (Å²) in [5.74, 6) is 0. The number of rotatable bonds is 3. The van der Waals surface area contributed by atoms with E-state index in [1.165, 1.54) is 4.52 Å². The summed E-state index contributed by atoms with van der Waals surface area (Å²) in [5.41, 5.74) is 3.71. The zero-order chi connectivity index (χ0) is 16.7. The minimum atomic E-state index is -0.207. The molecule has 0 unspecified atom stereocenters. The molecule has 120 valence electrons. The molecule has 0 atom stereocenters. The number of aromatic amines is 1. The van der Waals surface area contributed by atoms with Gasteiger partial charge in [-0.2, -0.15) is 0 Å². The highest BCUT2D eigenvalue weighted by atomic mass is 35.5. The Morgan fingerprint density at radius 2 is 2.04 bits per heavy atom. The van der Waals surface area contributed by atoms with Crippen LogP contribution in [0.4, 0.5) is 0 Å². The van der Waals surface area contributed by atoms with Gasteiger partial charge in [-0.05, 0) is 26.0 Å². The Bertz CT molecular complexity index is 960. The second kappa shape index (κ2) is 6.00. The average Bonchev–Trinajstić information content (AvgIpc) is 2.80. The van der Waals surface area contributed by atoms with Crippen LogP contribution in [0.15, 0.2) is 23.0 Å². The monoisotopic (exact) mass is 351 g/mol. The van der Waals surface area contributed by atoms with Crippen LogP contribution in [0.3, 0.4) is 0 Å². The maximum absolute atomic E-state index is 12.6. The largest absolute Gasteiger partial charge is 0.396 e. The molecule has 7 heteroatoms. The van der Waals surface area contributed by atoms with Gasteiger partial charge in [0.15, 0.2) is 5.65 Å². The van der Waals surface area contributed by atoms with Crippen molar-refractivity contribution in [3.8, 4) is 11.1 Å². The first kappa shape index (κ1) is 16.1. The van der Waals surface area contributed by atoms with Crippen molar-refractivity contribution in [2.75, 3.05) is 6.61 Å². The molecule has 5 nitrogen and oxygen atoms in total. The third-order valence-corrected chi connectivity index (χ3v) is 4.37. The van der Waals surface area contributed by atoms with Gasteiger partial charge in [0.1, 0.15) is 0 Å². The highest BCUT2D eigenvalue weighted by Crippen LogP contribution is 2.34. The van der Waals surface area contributed by atoms with Crippen LogP contribution in [0.25, 0.3) is 16.8 Å². The van der Waals surface area contributed by atoms with Gasteiger partial charge in [-0.25, -0.2) is 9.50 Å². The number of hydrogen-bond acceptors (Lipinski definition) is 3. The SMILES string of the molecule is Cc1nc2c(-c3ccc(Cl)cc3Cl)c(C)[nH]n2c(=O)c1CCO. The maximum atomic E-state index is 12.6. The number of nitrogens with zero attached hydrogens (tertiary/aromatic N) is 2. The molecule has 1 aromatic carbocycles. The second-order valence-corrected chi connectivity index (χ2v) is 6.19. The maximum Gasteiger partial charge on any atom is 0.276 e. The topological polar surface area (TPSA) is 70.4 Å². The number of fused-ring (bicyclic) bond motifs is 1. The number of H-pyrrole nitrogens is 1. The third-order valence-electron chi connectivity index (χ3n) is 3.82. The molecule has 0 fully saturated rings. The minimum Gasteiger partial charge on any atom is -0.396 e. The third kappa shape index (κ3) is 2.65. The molecule has 0 saturated heterocycles. The van der Waals surface area contributed by atoms with Crippen molar-refractivity contribution in [2.24, 2.45) is 0 Å². The summed E-state index contributed by atoms with van der Waals surface area (Å²) in [6.45, 7) is 3.52. The molecule has 0 bridgehead atoms. The van der Waals surface area contributed by atoms with Crippen molar-refractivity contribution in [1.29, 1.82) is 0 Å². The standard InChI is InChI=1S/C16H15Cl2N3O2/c1-8-11(5-6-22)16(23)21-15(19-8)14(9(2)20-21)12-4-3-10(17)7-13(12)18/h3-4,7,20,22H,5-6H2,1-2H3. The van der Waals surface area contributed by atoms with E-state index in [9.17, 15) is 4.79 Å². The molecule has 3 aromatic rings. The summed E-state index contributed by atoms with van der Waals surface area (Å²) < 4.78 is 1.40. The molecule has 2 aromatic heterocycles. The van der Waals surface area contributed by atoms with E-state index in [0.717, 1.165) is 16.8 Å². The van der Waals surface area contributed by atoms with Gasteiger partial charge >= 0.3 is 0 Å². The summed E-state index contributed by atoms with van der Waals surface area (Å²) in [6, 6.07) is 5.22. The predicted octanol–water partition coefficient (Wildman–Crippen LogP) is 3.15. The molecule has 2 heterocycles. The first-order valence-electron chi connectivity index (χ1n) is 7.11. The van der Waals surface area contributed by atoms with Crippen molar-refractivity contribution in [2.45, 2.75) is 20.3 Å². The minimum absolute atomic E-state index is 0.0978. The highest BCUT2D eigenvalue weighted by Gasteiger charge is 2.19. The van der Waals surface area contributed by atoms with Crippen LogP contribution in [0, 0.1) is 13.8 Å². The molecule has 0 aliphatic carbocycles. The molecule has 0 spiro atoms. The summed E-state index contributed by atoms with van der Waals surface area (Å²) in [5, 5.41) is 13.2. The Morgan fingerprint density at radius 1 is 1.30 bits per heavy atom. The number of halogens is 2. The first-order chi connectivity index (χ1) is 10.9. The van der Waals surface area contributed by atoms with Gasteiger partial charge in [-0.3, -0.25) is 9.89 Å². The van der Waals surface area contributed by atoms with E-state index in [1.54, 1.807) is 19.1 Å². The summed E-state index contributed by atoms with van der Waals surface area (Å²) in [4.78, 5) is 17.1. The van der Waals surface area contributed by atoms with E-state index >= 15 is 0 Å². The van der Waals surface area contributed by atoms with E-state index < -0.39 is 0 Å². The van der Waals surface area contributed by atoms with Gasteiger partial charge in [-0.15, -0.1) is 0 Å².